The first-order valence-electron chi connectivity index (χ1n) is 6.88. The van der Waals surface area contributed by atoms with Crippen LogP contribution in [0.2, 0.25) is 0 Å². The summed E-state index contributed by atoms with van der Waals surface area (Å²) in [4.78, 5) is 14.2. The number of non-ortho nitro benzene ring substituents is 1. The highest BCUT2D eigenvalue weighted by atomic mass is 32.2. The summed E-state index contributed by atoms with van der Waals surface area (Å²) in [6.45, 7) is 3.85. The molecule has 0 saturated heterocycles. The summed E-state index contributed by atoms with van der Waals surface area (Å²) in [6, 6.07) is 10.4. The third-order valence-electron chi connectivity index (χ3n) is 3.40. The van der Waals surface area contributed by atoms with E-state index in [1.165, 1.54) is 18.2 Å². The molecule has 122 valence electrons. The molecule has 0 unspecified atom stereocenters. The number of nitro benzene ring substituents is 1. The molecule has 8 heteroatoms. The molecule has 0 aliphatic heterocycles. The predicted octanol–water partition coefficient (Wildman–Crippen LogP) is 2.25. The van der Waals surface area contributed by atoms with E-state index in [0.29, 0.717) is 0 Å². The van der Waals surface area contributed by atoms with Crippen molar-refractivity contribution in [3.63, 3.8) is 0 Å². The predicted molar refractivity (Wildman–Crippen MR) is 85.5 cm³/mol. The van der Waals surface area contributed by atoms with Crippen LogP contribution in [0.3, 0.4) is 0 Å². The van der Waals surface area contributed by atoms with E-state index in [1.807, 2.05) is 26.0 Å². The average molecular weight is 335 g/mol. The smallest absolute Gasteiger partial charge is 0.261 e. The molecule has 0 amide bonds. The molecule has 1 heterocycles. The van der Waals surface area contributed by atoms with Crippen molar-refractivity contribution in [3.8, 4) is 0 Å². The third kappa shape index (κ3) is 4.11. The van der Waals surface area contributed by atoms with Crippen LogP contribution in [0.4, 0.5) is 5.69 Å². The van der Waals surface area contributed by atoms with Gasteiger partial charge in [0.2, 0.25) is 10.0 Å². The van der Waals surface area contributed by atoms with Gasteiger partial charge in [0.1, 0.15) is 0 Å². The van der Waals surface area contributed by atoms with Gasteiger partial charge in [-0.15, -0.1) is 0 Å². The SMILES string of the molecule is CC(C)(CNS(=O)(=O)c1cccc([N+](=O)[O-])c1)c1ccccn1. The van der Waals surface area contributed by atoms with Gasteiger partial charge in [-0.25, -0.2) is 13.1 Å². The van der Waals surface area contributed by atoms with Gasteiger partial charge in [0, 0.05) is 36.0 Å². The van der Waals surface area contributed by atoms with Crippen molar-refractivity contribution in [2.45, 2.75) is 24.2 Å². The lowest BCUT2D eigenvalue weighted by Gasteiger charge is -2.24. The molecule has 0 saturated carbocycles. The summed E-state index contributed by atoms with van der Waals surface area (Å²) in [5, 5.41) is 10.8. The molecular formula is C15H17N3O4S. The Morgan fingerprint density at radius 3 is 2.57 bits per heavy atom. The first-order valence-corrected chi connectivity index (χ1v) is 8.36. The van der Waals surface area contributed by atoms with Gasteiger partial charge < -0.3 is 0 Å². The number of hydrogen-bond donors (Lipinski definition) is 1. The Bertz CT molecular complexity index is 804. The van der Waals surface area contributed by atoms with E-state index in [-0.39, 0.29) is 17.1 Å². The number of sulfonamides is 1. The first kappa shape index (κ1) is 17.0. The van der Waals surface area contributed by atoms with Gasteiger partial charge in [-0.05, 0) is 18.2 Å². The van der Waals surface area contributed by atoms with Crippen LogP contribution < -0.4 is 4.72 Å². The molecule has 1 aromatic carbocycles. The average Bonchev–Trinajstić information content (AvgIpc) is 2.54. The molecule has 2 rings (SSSR count). The van der Waals surface area contributed by atoms with Crippen molar-refractivity contribution in [1.29, 1.82) is 0 Å². The van der Waals surface area contributed by atoms with Crippen LogP contribution in [-0.2, 0) is 15.4 Å². The second kappa shape index (κ2) is 6.43. The molecule has 0 aliphatic rings. The van der Waals surface area contributed by atoms with Gasteiger partial charge in [-0.2, -0.15) is 0 Å². The van der Waals surface area contributed by atoms with E-state index < -0.39 is 20.4 Å². The number of pyridine rings is 1. The van der Waals surface area contributed by atoms with Crippen molar-refractivity contribution in [2.75, 3.05) is 6.54 Å². The van der Waals surface area contributed by atoms with E-state index in [1.54, 1.807) is 12.3 Å². The normalized spacial score (nSPS) is 12.1. The van der Waals surface area contributed by atoms with Crippen LogP contribution in [0.5, 0.6) is 0 Å². The van der Waals surface area contributed by atoms with Crippen molar-refractivity contribution in [2.24, 2.45) is 0 Å². The molecule has 0 spiro atoms. The van der Waals surface area contributed by atoms with Crippen molar-refractivity contribution < 1.29 is 13.3 Å². The maximum Gasteiger partial charge on any atom is 0.270 e. The summed E-state index contributed by atoms with van der Waals surface area (Å²) >= 11 is 0. The third-order valence-corrected chi connectivity index (χ3v) is 4.80. The number of aromatic nitrogens is 1. The maximum atomic E-state index is 12.3. The summed E-state index contributed by atoms with van der Waals surface area (Å²) in [6.07, 6.45) is 1.64. The molecule has 0 radical (unpaired) electrons. The standard InChI is InChI=1S/C15H17N3O4S/c1-15(2,14-8-3-4-9-16-14)11-17-23(21,22)13-7-5-6-12(10-13)18(19)20/h3-10,17H,11H2,1-2H3. The largest absolute Gasteiger partial charge is 0.270 e. The highest BCUT2D eigenvalue weighted by molar-refractivity contribution is 7.89. The lowest BCUT2D eigenvalue weighted by Crippen LogP contribution is -2.37. The minimum absolute atomic E-state index is 0.120. The zero-order chi connectivity index (χ0) is 17.1. The zero-order valence-electron chi connectivity index (χ0n) is 12.8. The quantitative estimate of drug-likeness (QED) is 0.644. The minimum Gasteiger partial charge on any atom is -0.261 e. The van der Waals surface area contributed by atoms with Crippen LogP contribution in [0.25, 0.3) is 0 Å². The van der Waals surface area contributed by atoms with E-state index in [0.717, 1.165) is 11.8 Å². The summed E-state index contributed by atoms with van der Waals surface area (Å²) in [5.74, 6) is 0. The Kier molecular flexibility index (Phi) is 4.76. The Morgan fingerprint density at radius 2 is 1.96 bits per heavy atom. The van der Waals surface area contributed by atoms with Crippen LogP contribution in [0, 0.1) is 10.1 Å². The monoisotopic (exact) mass is 335 g/mol. The van der Waals surface area contributed by atoms with Gasteiger partial charge >= 0.3 is 0 Å². The van der Waals surface area contributed by atoms with Crippen LogP contribution >= 0.6 is 0 Å². The fraction of sp³-hybridized carbons (Fsp3) is 0.267. The molecule has 0 atom stereocenters. The molecule has 0 bridgehead atoms. The van der Waals surface area contributed by atoms with Crippen LogP contribution in [0.1, 0.15) is 19.5 Å². The topological polar surface area (TPSA) is 102 Å². The fourth-order valence-corrected chi connectivity index (χ4v) is 3.23. The van der Waals surface area contributed by atoms with E-state index in [4.69, 9.17) is 0 Å². The van der Waals surface area contributed by atoms with Gasteiger partial charge in [0.15, 0.2) is 0 Å². The number of nitro groups is 1. The van der Waals surface area contributed by atoms with Crippen LogP contribution in [0.15, 0.2) is 53.6 Å². The second-order valence-corrected chi connectivity index (χ2v) is 7.44. The molecule has 2 aromatic rings. The van der Waals surface area contributed by atoms with Gasteiger partial charge in [0.05, 0.1) is 9.82 Å². The first-order chi connectivity index (χ1) is 10.7. The molecule has 1 N–H and O–H groups in total. The molecule has 0 aliphatic carbocycles. The molecule has 23 heavy (non-hydrogen) atoms. The van der Waals surface area contributed by atoms with Crippen molar-refractivity contribution in [3.05, 3.63) is 64.5 Å². The molecular weight excluding hydrogens is 318 g/mol. The Labute approximate surface area is 134 Å². The zero-order valence-corrected chi connectivity index (χ0v) is 13.6. The van der Waals surface area contributed by atoms with Gasteiger partial charge in [-0.1, -0.05) is 26.0 Å². The summed E-state index contributed by atoms with van der Waals surface area (Å²) < 4.78 is 27.2. The van der Waals surface area contributed by atoms with Gasteiger partial charge in [0.25, 0.3) is 5.69 Å². The van der Waals surface area contributed by atoms with Crippen molar-refractivity contribution >= 4 is 15.7 Å². The lowest BCUT2D eigenvalue weighted by atomic mass is 9.89. The minimum atomic E-state index is -3.84. The fourth-order valence-electron chi connectivity index (χ4n) is 1.98. The highest BCUT2D eigenvalue weighted by Gasteiger charge is 2.26. The van der Waals surface area contributed by atoms with Crippen molar-refractivity contribution in [1.82, 2.24) is 9.71 Å². The highest BCUT2D eigenvalue weighted by Crippen LogP contribution is 2.22. The Hall–Kier alpha value is -2.32. The summed E-state index contributed by atoms with van der Waals surface area (Å²) in [5.41, 5.74) is -0.0340. The lowest BCUT2D eigenvalue weighted by molar-refractivity contribution is -0.385. The molecule has 0 fully saturated rings. The Morgan fingerprint density at radius 1 is 1.22 bits per heavy atom. The van der Waals surface area contributed by atoms with Crippen LogP contribution in [-0.4, -0.2) is 24.9 Å². The summed E-state index contributed by atoms with van der Waals surface area (Å²) in [7, 11) is -3.84. The number of nitrogens with zero attached hydrogens (tertiary/aromatic N) is 2. The molecule has 1 aromatic heterocycles. The number of benzene rings is 1. The van der Waals surface area contributed by atoms with Gasteiger partial charge in [-0.3, -0.25) is 15.1 Å². The number of rotatable bonds is 6. The van der Waals surface area contributed by atoms with E-state index >= 15 is 0 Å². The maximum absolute atomic E-state index is 12.3. The Balaban J connectivity index is 2.19. The number of hydrogen-bond acceptors (Lipinski definition) is 5. The number of nitrogens with one attached hydrogen (secondary N) is 1. The second-order valence-electron chi connectivity index (χ2n) is 5.68. The van der Waals surface area contributed by atoms with E-state index in [9.17, 15) is 18.5 Å². The van der Waals surface area contributed by atoms with E-state index in [2.05, 4.69) is 9.71 Å². The molecule has 7 nitrogen and oxygen atoms in total.